The van der Waals surface area contributed by atoms with Crippen LogP contribution in [0.25, 0.3) is 0 Å². The zero-order chi connectivity index (χ0) is 27.4. The predicted molar refractivity (Wildman–Crippen MR) is 140 cm³/mol. The molecule has 1 saturated heterocycles. The van der Waals surface area contributed by atoms with Gasteiger partial charge in [0, 0.05) is 20.8 Å². The summed E-state index contributed by atoms with van der Waals surface area (Å²) in [6, 6.07) is 20.1. The van der Waals surface area contributed by atoms with Crippen LogP contribution in [0.1, 0.15) is 48.5 Å². The van der Waals surface area contributed by atoms with Crippen molar-refractivity contribution >= 4 is 36.6 Å². The minimum Gasteiger partial charge on any atom is -0.452 e. The summed E-state index contributed by atoms with van der Waals surface area (Å²) in [7, 11) is -2.96. The van der Waals surface area contributed by atoms with Crippen LogP contribution in [0, 0.1) is 0 Å². The zero-order valence-corrected chi connectivity index (χ0v) is 23.5. The van der Waals surface area contributed by atoms with E-state index < -0.39 is 50.3 Å². The number of hydrogen-bond donors (Lipinski definition) is 0. The highest BCUT2D eigenvalue weighted by Crippen LogP contribution is 2.41. The number of benzene rings is 2. The molecule has 0 aromatic heterocycles. The molecule has 2 aromatic rings. The Morgan fingerprint density at radius 1 is 0.838 bits per heavy atom. The summed E-state index contributed by atoms with van der Waals surface area (Å²) in [5.74, 6) is -1.85. The van der Waals surface area contributed by atoms with E-state index in [4.69, 9.17) is 23.4 Å². The highest BCUT2D eigenvalue weighted by Gasteiger charge is 2.61. The number of carbonyl (C=O) groups is 3. The summed E-state index contributed by atoms with van der Waals surface area (Å²) in [5, 5.41) is 1.82. The van der Waals surface area contributed by atoms with Gasteiger partial charge in [-0.25, -0.2) is 0 Å². The second kappa shape index (κ2) is 11.2. The van der Waals surface area contributed by atoms with Gasteiger partial charge in [-0.05, 0) is 22.3 Å². The molecule has 4 atom stereocenters. The fourth-order valence-corrected chi connectivity index (χ4v) is 9.58. The summed E-state index contributed by atoms with van der Waals surface area (Å²) in [4.78, 5) is 35.9. The highest BCUT2D eigenvalue weighted by molar-refractivity contribution is 6.99. The molecule has 9 heteroatoms. The molecule has 0 bridgehead atoms. The molecule has 0 N–H and O–H groups in total. The molecule has 1 heterocycles. The van der Waals surface area contributed by atoms with Crippen LogP contribution in [0.15, 0.2) is 60.7 Å². The third kappa shape index (κ3) is 5.95. The van der Waals surface area contributed by atoms with Gasteiger partial charge in [0.2, 0.25) is 12.4 Å². The molecule has 0 radical (unpaired) electrons. The van der Waals surface area contributed by atoms with E-state index in [-0.39, 0.29) is 11.6 Å². The third-order valence-corrected chi connectivity index (χ3v) is 11.6. The van der Waals surface area contributed by atoms with Gasteiger partial charge in [-0.15, -0.1) is 0 Å². The van der Waals surface area contributed by atoms with E-state index in [9.17, 15) is 14.4 Å². The lowest BCUT2D eigenvalue weighted by atomic mass is 9.94. The van der Waals surface area contributed by atoms with Gasteiger partial charge in [-0.1, -0.05) is 81.4 Å². The summed E-state index contributed by atoms with van der Waals surface area (Å²) in [6.07, 6.45) is -3.34. The molecule has 0 aliphatic carbocycles. The number of hydrogen-bond acceptors (Lipinski definition) is 8. The lowest BCUT2D eigenvalue weighted by molar-refractivity contribution is -0.198. The van der Waals surface area contributed by atoms with E-state index in [2.05, 4.69) is 45.0 Å². The number of esters is 3. The molecule has 0 spiro atoms. The van der Waals surface area contributed by atoms with Crippen molar-refractivity contribution in [1.29, 1.82) is 0 Å². The molecule has 1 fully saturated rings. The van der Waals surface area contributed by atoms with Crippen LogP contribution in [0.2, 0.25) is 5.04 Å². The first-order valence-corrected chi connectivity index (χ1v) is 14.2. The van der Waals surface area contributed by atoms with Gasteiger partial charge in [0.25, 0.3) is 8.32 Å². The summed E-state index contributed by atoms with van der Waals surface area (Å²) in [6.45, 7) is 11.7. The molecule has 0 saturated carbocycles. The van der Waals surface area contributed by atoms with Crippen molar-refractivity contribution in [1.82, 2.24) is 0 Å². The molecular formula is C28H36O8Si. The van der Waals surface area contributed by atoms with Crippen molar-refractivity contribution < 1.29 is 37.8 Å². The first-order chi connectivity index (χ1) is 17.3. The second-order valence-corrected chi connectivity index (χ2v) is 14.7. The largest absolute Gasteiger partial charge is 0.452 e. The van der Waals surface area contributed by atoms with Crippen LogP contribution in [-0.2, 0) is 37.8 Å². The molecule has 3 rings (SSSR count). The third-order valence-electron chi connectivity index (χ3n) is 6.56. The molecule has 37 heavy (non-hydrogen) atoms. The Bertz CT molecular complexity index is 1060. The van der Waals surface area contributed by atoms with E-state index in [1.807, 2.05) is 36.4 Å². The van der Waals surface area contributed by atoms with E-state index in [0.29, 0.717) is 0 Å². The minimum absolute atomic E-state index is 0.00735. The van der Waals surface area contributed by atoms with E-state index in [1.54, 1.807) is 6.92 Å². The molecule has 0 amide bonds. The number of ether oxygens (including phenoxy) is 4. The maximum Gasteiger partial charge on any atom is 0.305 e. The summed E-state index contributed by atoms with van der Waals surface area (Å²) in [5.41, 5.74) is -1.47. The van der Waals surface area contributed by atoms with E-state index in [1.165, 1.54) is 20.8 Å². The van der Waals surface area contributed by atoms with Gasteiger partial charge in [-0.3, -0.25) is 14.4 Å². The summed E-state index contributed by atoms with van der Waals surface area (Å²) >= 11 is 0. The fourth-order valence-electron chi connectivity index (χ4n) is 5.03. The molecule has 1 aliphatic heterocycles. The van der Waals surface area contributed by atoms with E-state index in [0.717, 1.165) is 10.4 Å². The van der Waals surface area contributed by atoms with Crippen LogP contribution in [-0.4, -0.2) is 56.9 Å². The second-order valence-electron chi connectivity index (χ2n) is 10.4. The van der Waals surface area contributed by atoms with E-state index >= 15 is 0 Å². The average molecular weight is 529 g/mol. The normalized spacial score (nSPS) is 23.8. The fraction of sp³-hybridized carbons (Fsp3) is 0.464. The van der Waals surface area contributed by atoms with Gasteiger partial charge in [0.15, 0.2) is 5.60 Å². The Labute approximate surface area is 219 Å². The van der Waals surface area contributed by atoms with Crippen LogP contribution >= 0.6 is 0 Å². The maximum absolute atomic E-state index is 12.2. The van der Waals surface area contributed by atoms with Crippen LogP contribution in [0.4, 0.5) is 0 Å². The van der Waals surface area contributed by atoms with Gasteiger partial charge in [0.05, 0.1) is 6.61 Å². The van der Waals surface area contributed by atoms with Crippen LogP contribution < -0.4 is 10.4 Å². The average Bonchev–Trinajstić information content (AvgIpc) is 3.04. The Balaban J connectivity index is 2.09. The van der Waals surface area contributed by atoms with Crippen molar-refractivity contribution in [2.75, 3.05) is 6.61 Å². The minimum atomic E-state index is -2.96. The topological polar surface area (TPSA) is 97.4 Å². The van der Waals surface area contributed by atoms with Crippen LogP contribution in [0.5, 0.6) is 0 Å². The Morgan fingerprint density at radius 2 is 1.32 bits per heavy atom. The molecule has 8 nitrogen and oxygen atoms in total. The standard InChI is InChI=1S/C28H36O8Si/c1-19(29)33-25-26(34-20(2)30)35-24(28(25,7)36-21(3)31)18-32-37(27(4,5)6,22-14-10-8-11-15-22)23-16-12-9-13-17-23/h8-17,24-26H,18H2,1-7H3. The Morgan fingerprint density at radius 3 is 1.73 bits per heavy atom. The molecule has 2 aromatic carbocycles. The molecule has 200 valence electrons. The SMILES string of the molecule is CC(=O)OC1OC(CO[Si](c2ccccc2)(c2ccccc2)C(C)(C)C)C(C)(OC(C)=O)C1OC(C)=O. The predicted octanol–water partition coefficient (Wildman–Crippen LogP) is 3.10. The Hall–Kier alpha value is -3.01. The van der Waals surface area contributed by atoms with Crippen molar-refractivity contribution in [2.45, 2.75) is 77.6 Å². The van der Waals surface area contributed by atoms with Crippen molar-refractivity contribution in [3.8, 4) is 0 Å². The zero-order valence-electron chi connectivity index (χ0n) is 22.5. The van der Waals surface area contributed by atoms with Crippen molar-refractivity contribution in [3.63, 3.8) is 0 Å². The monoisotopic (exact) mass is 528 g/mol. The van der Waals surface area contributed by atoms with Gasteiger partial charge >= 0.3 is 17.9 Å². The molecule has 4 unspecified atom stereocenters. The lowest BCUT2D eigenvalue weighted by Crippen LogP contribution is -2.67. The smallest absolute Gasteiger partial charge is 0.305 e. The number of rotatable bonds is 8. The van der Waals surface area contributed by atoms with Gasteiger partial charge in [-0.2, -0.15) is 0 Å². The maximum atomic E-state index is 12.2. The van der Waals surface area contributed by atoms with Crippen LogP contribution in [0.3, 0.4) is 0 Å². The number of carbonyl (C=O) groups excluding carboxylic acids is 3. The first-order valence-electron chi connectivity index (χ1n) is 12.3. The van der Waals surface area contributed by atoms with Crippen molar-refractivity contribution in [2.24, 2.45) is 0 Å². The first kappa shape index (κ1) is 28.6. The lowest BCUT2D eigenvalue weighted by Gasteiger charge is -2.44. The Kier molecular flexibility index (Phi) is 8.62. The van der Waals surface area contributed by atoms with Crippen molar-refractivity contribution in [3.05, 3.63) is 60.7 Å². The van der Waals surface area contributed by atoms with Gasteiger partial charge < -0.3 is 23.4 Å². The quantitative estimate of drug-likeness (QED) is 0.293. The molecule has 1 aliphatic rings. The van der Waals surface area contributed by atoms with Gasteiger partial charge in [0.1, 0.15) is 6.10 Å². The highest BCUT2D eigenvalue weighted by atomic mass is 28.4. The summed E-state index contributed by atoms with van der Waals surface area (Å²) < 4.78 is 29.6. The molecular weight excluding hydrogens is 492 g/mol.